The van der Waals surface area contributed by atoms with Crippen molar-refractivity contribution in [1.29, 1.82) is 0 Å². The normalized spacial score (nSPS) is 18.0. The Kier molecular flexibility index (Phi) is 6.10. The van der Waals surface area contributed by atoms with Gasteiger partial charge in [0.25, 0.3) is 0 Å². The summed E-state index contributed by atoms with van der Waals surface area (Å²) < 4.78 is 53.8. The third kappa shape index (κ3) is 4.39. The summed E-state index contributed by atoms with van der Waals surface area (Å²) >= 11 is 0. The standard InChI is InChI=1S/C20H22F2N2O3S/c1-23(13-15-5-2-3-7-19(15)22)20(25)16-6-4-12-24(14-16)28(26,27)18-10-8-17(21)9-11-18/h2-3,5,7-11,16H,4,6,12-14H2,1H3. The zero-order valence-electron chi connectivity index (χ0n) is 15.5. The molecule has 2 aromatic carbocycles. The van der Waals surface area contributed by atoms with Crippen molar-refractivity contribution in [2.75, 3.05) is 20.1 Å². The molecule has 1 atom stereocenters. The highest BCUT2D eigenvalue weighted by Gasteiger charge is 2.34. The number of rotatable bonds is 5. The maximum Gasteiger partial charge on any atom is 0.243 e. The van der Waals surface area contributed by atoms with E-state index in [0.29, 0.717) is 24.9 Å². The summed E-state index contributed by atoms with van der Waals surface area (Å²) in [6.07, 6.45) is 1.11. The minimum atomic E-state index is -3.80. The second kappa shape index (κ2) is 8.36. The molecule has 0 bridgehead atoms. The fraction of sp³-hybridized carbons (Fsp3) is 0.350. The van der Waals surface area contributed by atoms with E-state index in [1.165, 1.54) is 27.4 Å². The number of benzene rings is 2. The van der Waals surface area contributed by atoms with E-state index in [2.05, 4.69) is 0 Å². The van der Waals surface area contributed by atoms with E-state index in [9.17, 15) is 22.0 Å². The maximum absolute atomic E-state index is 13.8. The van der Waals surface area contributed by atoms with E-state index in [0.717, 1.165) is 12.1 Å². The lowest BCUT2D eigenvalue weighted by molar-refractivity contribution is -0.135. The van der Waals surface area contributed by atoms with Gasteiger partial charge in [-0.2, -0.15) is 4.31 Å². The van der Waals surface area contributed by atoms with E-state index in [4.69, 9.17) is 0 Å². The summed E-state index contributed by atoms with van der Waals surface area (Å²) in [5, 5.41) is 0. The van der Waals surface area contributed by atoms with Gasteiger partial charge in [0, 0.05) is 32.2 Å². The summed E-state index contributed by atoms with van der Waals surface area (Å²) in [6.45, 7) is 0.480. The van der Waals surface area contributed by atoms with Crippen LogP contribution in [-0.2, 0) is 21.4 Å². The van der Waals surface area contributed by atoms with Gasteiger partial charge in [0.2, 0.25) is 15.9 Å². The number of amides is 1. The predicted molar refractivity (Wildman–Crippen MR) is 101 cm³/mol. The molecule has 1 heterocycles. The molecule has 150 valence electrons. The summed E-state index contributed by atoms with van der Waals surface area (Å²) in [5.74, 6) is -1.62. The molecule has 1 fully saturated rings. The maximum atomic E-state index is 13.8. The molecule has 1 aliphatic rings. The SMILES string of the molecule is CN(Cc1ccccc1F)C(=O)C1CCCN(S(=O)(=O)c2ccc(F)cc2)C1. The largest absolute Gasteiger partial charge is 0.341 e. The van der Waals surface area contributed by atoms with Gasteiger partial charge < -0.3 is 4.90 Å². The van der Waals surface area contributed by atoms with Crippen LogP contribution in [0.15, 0.2) is 53.4 Å². The lowest BCUT2D eigenvalue weighted by Gasteiger charge is -2.33. The number of sulfonamides is 1. The number of halogens is 2. The van der Waals surface area contributed by atoms with Crippen molar-refractivity contribution >= 4 is 15.9 Å². The van der Waals surface area contributed by atoms with Gasteiger partial charge in [0.05, 0.1) is 10.8 Å². The third-order valence-corrected chi connectivity index (χ3v) is 6.81. The van der Waals surface area contributed by atoms with Crippen LogP contribution in [0, 0.1) is 17.6 Å². The molecule has 1 amide bonds. The van der Waals surface area contributed by atoms with Crippen LogP contribution in [0.25, 0.3) is 0 Å². The highest BCUT2D eigenvalue weighted by molar-refractivity contribution is 7.89. The number of hydrogen-bond acceptors (Lipinski definition) is 3. The Labute approximate surface area is 163 Å². The zero-order chi connectivity index (χ0) is 20.3. The molecule has 8 heteroatoms. The van der Waals surface area contributed by atoms with Crippen molar-refractivity contribution in [3.63, 3.8) is 0 Å². The average Bonchev–Trinajstić information content (AvgIpc) is 2.69. The quantitative estimate of drug-likeness (QED) is 0.764. The van der Waals surface area contributed by atoms with Crippen LogP contribution in [0.3, 0.4) is 0 Å². The van der Waals surface area contributed by atoms with Gasteiger partial charge in [-0.3, -0.25) is 4.79 Å². The topological polar surface area (TPSA) is 57.7 Å². The first-order valence-electron chi connectivity index (χ1n) is 9.03. The molecule has 28 heavy (non-hydrogen) atoms. The second-order valence-corrected chi connectivity index (χ2v) is 8.88. The van der Waals surface area contributed by atoms with Crippen LogP contribution < -0.4 is 0 Å². The Morgan fingerprint density at radius 3 is 2.50 bits per heavy atom. The Bertz CT molecular complexity index is 948. The first-order chi connectivity index (χ1) is 13.3. The lowest BCUT2D eigenvalue weighted by atomic mass is 9.98. The predicted octanol–water partition coefficient (Wildman–Crippen LogP) is 3.02. The summed E-state index contributed by atoms with van der Waals surface area (Å²) in [7, 11) is -2.22. The van der Waals surface area contributed by atoms with E-state index in [1.54, 1.807) is 25.2 Å². The number of nitrogens with zero attached hydrogens (tertiary/aromatic N) is 2. The molecule has 1 saturated heterocycles. The first-order valence-corrected chi connectivity index (χ1v) is 10.5. The van der Waals surface area contributed by atoms with Crippen LogP contribution in [0.1, 0.15) is 18.4 Å². The van der Waals surface area contributed by atoms with Gasteiger partial charge in [-0.15, -0.1) is 0 Å². The van der Waals surface area contributed by atoms with Gasteiger partial charge in [-0.05, 0) is 43.2 Å². The van der Waals surface area contributed by atoms with Gasteiger partial charge in [0.15, 0.2) is 0 Å². The molecule has 1 aliphatic heterocycles. The Morgan fingerprint density at radius 2 is 1.82 bits per heavy atom. The second-order valence-electron chi connectivity index (χ2n) is 6.94. The van der Waals surface area contributed by atoms with Gasteiger partial charge >= 0.3 is 0 Å². The smallest absolute Gasteiger partial charge is 0.243 e. The average molecular weight is 408 g/mol. The van der Waals surface area contributed by atoms with Crippen LogP contribution in [0.2, 0.25) is 0 Å². The Morgan fingerprint density at radius 1 is 1.14 bits per heavy atom. The fourth-order valence-corrected chi connectivity index (χ4v) is 4.91. The van der Waals surface area contributed by atoms with Crippen molar-refractivity contribution in [3.8, 4) is 0 Å². The van der Waals surface area contributed by atoms with Crippen molar-refractivity contribution in [2.45, 2.75) is 24.3 Å². The number of piperidine rings is 1. The molecule has 0 aromatic heterocycles. The van der Waals surface area contributed by atoms with Crippen LogP contribution >= 0.6 is 0 Å². The molecule has 0 N–H and O–H groups in total. The first kappa shape index (κ1) is 20.4. The molecule has 0 saturated carbocycles. The van der Waals surface area contributed by atoms with Crippen LogP contribution in [-0.4, -0.2) is 43.7 Å². The highest BCUT2D eigenvalue weighted by Crippen LogP contribution is 2.25. The molecule has 2 aromatic rings. The lowest BCUT2D eigenvalue weighted by Crippen LogP contribution is -2.45. The van der Waals surface area contributed by atoms with E-state index in [1.807, 2.05) is 0 Å². The van der Waals surface area contributed by atoms with E-state index in [-0.39, 0.29) is 29.7 Å². The van der Waals surface area contributed by atoms with E-state index >= 15 is 0 Å². The molecule has 5 nitrogen and oxygen atoms in total. The Hall–Kier alpha value is -2.32. The van der Waals surface area contributed by atoms with E-state index < -0.39 is 21.8 Å². The summed E-state index contributed by atoms with van der Waals surface area (Å²) in [5.41, 5.74) is 0.407. The molecular weight excluding hydrogens is 386 g/mol. The molecule has 3 rings (SSSR count). The van der Waals surface area contributed by atoms with Crippen molar-refractivity contribution < 1.29 is 22.0 Å². The van der Waals surface area contributed by atoms with Gasteiger partial charge in [-0.1, -0.05) is 18.2 Å². The van der Waals surface area contributed by atoms with Crippen LogP contribution in [0.4, 0.5) is 8.78 Å². The van der Waals surface area contributed by atoms with Gasteiger partial charge in [-0.25, -0.2) is 17.2 Å². The minimum absolute atomic E-state index is 0.00158. The van der Waals surface area contributed by atoms with Gasteiger partial charge in [0.1, 0.15) is 11.6 Å². The molecule has 0 radical (unpaired) electrons. The molecule has 1 unspecified atom stereocenters. The van der Waals surface area contributed by atoms with Crippen molar-refractivity contribution in [1.82, 2.24) is 9.21 Å². The molecule has 0 spiro atoms. The zero-order valence-corrected chi connectivity index (χ0v) is 16.3. The highest BCUT2D eigenvalue weighted by atomic mass is 32.2. The Balaban J connectivity index is 1.71. The summed E-state index contributed by atoms with van der Waals surface area (Å²) in [4.78, 5) is 14.2. The van der Waals surface area contributed by atoms with Crippen LogP contribution in [0.5, 0.6) is 0 Å². The number of carbonyl (C=O) groups is 1. The summed E-state index contributed by atoms with van der Waals surface area (Å²) in [6, 6.07) is 10.9. The van der Waals surface area contributed by atoms with Crippen molar-refractivity contribution in [3.05, 3.63) is 65.7 Å². The molecular formula is C20H22F2N2O3S. The minimum Gasteiger partial charge on any atom is -0.341 e. The van der Waals surface area contributed by atoms with Crippen molar-refractivity contribution in [2.24, 2.45) is 5.92 Å². The number of hydrogen-bond donors (Lipinski definition) is 0. The fourth-order valence-electron chi connectivity index (χ4n) is 3.39. The molecule has 0 aliphatic carbocycles. The third-order valence-electron chi connectivity index (χ3n) is 4.93. The number of carbonyl (C=O) groups excluding carboxylic acids is 1. The monoisotopic (exact) mass is 408 g/mol.